The van der Waals surface area contributed by atoms with E-state index in [1.165, 1.54) is 0 Å². The van der Waals surface area contributed by atoms with Crippen LogP contribution in [0.15, 0.2) is 101 Å². The van der Waals surface area contributed by atoms with Crippen LogP contribution in [-0.4, -0.2) is 4.98 Å². The third-order valence-electron chi connectivity index (χ3n) is 4.04. The zero-order chi connectivity index (χ0) is 17.8. The molecule has 0 spiro atoms. The Labute approximate surface area is 157 Å². The van der Waals surface area contributed by atoms with Crippen LogP contribution in [0, 0.1) is 0 Å². The van der Waals surface area contributed by atoms with Crippen molar-refractivity contribution >= 4 is 23.0 Å². The Kier molecular flexibility index (Phi) is 4.63. The van der Waals surface area contributed by atoms with E-state index in [9.17, 15) is 0 Å². The summed E-state index contributed by atoms with van der Waals surface area (Å²) >= 11 is 5.93. The van der Waals surface area contributed by atoms with Crippen LogP contribution in [0.3, 0.4) is 0 Å². The average molecular weight is 358 g/mol. The molecule has 0 saturated heterocycles. The molecule has 3 nitrogen and oxygen atoms in total. The molecule has 126 valence electrons. The Morgan fingerprint density at radius 2 is 1.27 bits per heavy atom. The van der Waals surface area contributed by atoms with Gasteiger partial charge in [0, 0.05) is 16.3 Å². The maximum absolute atomic E-state index is 5.93. The molecule has 1 heterocycles. The summed E-state index contributed by atoms with van der Waals surface area (Å²) in [5.74, 6) is 0. The van der Waals surface area contributed by atoms with Gasteiger partial charge in [-0.25, -0.2) is 0 Å². The van der Waals surface area contributed by atoms with Gasteiger partial charge in [0.2, 0.25) is 0 Å². The molecule has 3 aromatic carbocycles. The van der Waals surface area contributed by atoms with Crippen LogP contribution < -0.4 is 0 Å². The highest BCUT2D eigenvalue weighted by atomic mass is 35.5. The Morgan fingerprint density at radius 3 is 1.92 bits per heavy atom. The second-order valence-electron chi connectivity index (χ2n) is 5.85. The fraction of sp³-hybridized carbons (Fsp3) is 0. The van der Waals surface area contributed by atoms with Crippen molar-refractivity contribution in [1.82, 2.24) is 4.98 Å². The van der Waals surface area contributed by atoms with Crippen molar-refractivity contribution in [2.24, 2.45) is 10.2 Å². The van der Waals surface area contributed by atoms with Crippen molar-refractivity contribution in [2.45, 2.75) is 0 Å². The Hall–Kier alpha value is -3.17. The largest absolute Gasteiger partial charge is 0.353 e. The summed E-state index contributed by atoms with van der Waals surface area (Å²) < 4.78 is 0. The van der Waals surface area contributed by atoms with Crippen LogP contribution in [0.4, 0.5) is 11.4 Å². The first-order valence-electron chi connectivity index (χ1n) is 8.31. The molecule has 0 radical (unpaired) electrons. The molecule has 0 aliphatic rings. The van der Waals surface area contributed by atoms with Crippen molar-refractivity contribution in [3.05, 3.63) is 96.0 Å². The van der Waals surface area contributed by atoms with Crippen molar-refractivity contribution in [2.75, 3.05) is 0 Å². The lowest BCUT2D eigenvalue weighted by atomic mass is 10.1. The summed E-state index contributed by atoms with van der Waals surface area (Å²) in [4.78, 5) is 3.48. The maximum atomic E-state index is 5.93. The Bertz CT molecular complexity index is 1020. The van der Waals surface area contributed by atoms with Crippen molar-refractivity contribution in [3.63, 3.8) is 0 Å². The van der Waals surface area contributed by atoms with E-state index in [0.29, 0.717) is 5.02 Å². The van der Waals surface area contributed by atoms with Crippen LogP contribution >= 0.6 is 11.6 Å². The van der Waals surface area contributed by atoms with E-state index in [1.54, 1.807) is 12.1 Å². The van der Waals surface area contributed by atoms with Crippen LogP contribution in [0.1, 0.15) is 0 Å². The van der Waals surface area contributed by atoms with E-state index in [4.69, 9.17) is 11.6 Å². The minimum absolute atomic E-state index is 0.682. The highest BCUT2D eigenvalue weighted by Crippen LogP contribution is 2.35. The predicted molar refractivity (Wildman–Crippen MR) is 107 cm³/mol. The summed E-state index contributed by atoms with van der Waals surface area (Å²) in [5.41, 5.74) is 5.69. The molecule has 0 atom stereocenters. The molecule has 26 heavy (non-hydrogen) atoms. The molecule has 4 heteroatoms. The number of hydrogen-bond acceptors (Lipinski definition) is 2. The van der Waals surface area contributed by atoms with Gasteiger partial charge in [0.15, 0.2) is 0 Å². The second-order valence-corrected chi connectivity index (χ2v) is 6.29. The molecule has 1 N–H and O–H groups in total. The molecular formula is C22H16ClN3. The number of benzene rings is 3. The lowest BCUT2D eigenvalue weighted by Gasteiger charge is -2.00. The van der Waals surface area contributed by atoms with Gasteiger partial charge in [0.25, 0.3) is 0 Å². The molecule has 0 fully saturated rings. The fourth-order valence-corrected chi connectivity index (χ4v) is 2.87. The van der Waals surface area contributed by atoms with E-state index in [-0.39, 0.29) is 0 Å². The van der Waals surface area contributed by atoms with E-state index in [0.717, 1.165) is 33.9 Å². The zero-order valence-electron chi connectivity index (χ0n) is 13.9. The monoisotopic (exact) mass is 357 g/mol. The number of aromatic amines is 1. The summed E-state index contributed by atoms with van der Waals surface area (Å²) in [7, 11) is 0. The van der Waals surface area contributed by atoms with Gasteiger partial charge in [-0.2, -0.15) is 5.11 Å². The third-order valence-corrected chi connectivity index (χ3v) is 4.30. The van der Waals surface area contributed by atoms with Crippen molar-refractivity contribution in [3.8, 4) is 22.5 Å². The minimum Gasteiger partial charge on any atom is -0.353 e. The number of halogens is 1. The number of hydrogen-bond donors (Lipinski definition) is 1. The van der Waals surface area contributed by atoms with Gasteiger partial charge in [0.1, 0.15) is 5.69 Å². The van der Waals surface area contributed by atoms with Gasteiger partial charge in [-0.1, -0.05) is 72.3 Å². The number of H-pyrrole nitrogens is 1. The number of nitrogens with zero attached hydrogens (tertiary/aromatic N) is 2. The fourth-order valence-electron chi connectivity index (χ4n) is 2.74. The number of nitrogens with one attached hydrogen (secondary N) is 1. The Morgan fingerprint density at radius 1 is 0.654 bits per heavy atom. The first kappa shape index (κ1) is 16.3. The molecule has 4 aromatic rings. The van der Waals surface area contributed by atoms with E-state index in [2.05, 4.69) is 39.5 Å². The molecule has 0 bridgehead atoms. The third kappa shape index (κ3) is 3.58. The average Bonchev–Trinajstić information content (AvgIpc) is 3.13. The standard InChI is InChI=1S/C22H16ClN3/c23-18-11-13-19(14-12-18)25-26-21-15-20(16-7-3-1-4-8-16)24-22(21)17-9-5-2-6-10-17/h1-15,24H. The minimum atomic E-state index is 0.682. The normalized spacial score (nSPS) is 11.1. The maximum Gasteiger partial charge on any atom is 0.112 e. The highest BCUT2D eigenvalue weighted by molar-refractivity contribution is 6.30. The van der Waals surface area contributed by atoms with Gasteiger partial charge in [-0.05, 0) is 35.9 Å². The lowest BCUT2D eigenvalue weighted by Crippen LogP contribution is -1.79. The number of azo groups is 1. The number of rotatable bonds is 4. The summed E-state index contributed by atoms with van der Waals surface area (Å²) in [5, 5.41) is 9.52. The smallest absolute Gasteiger partial charge is 0.112 e. The molecule has 0 amide bonds. The van der Waals surface area contributed by atoms with Gasteiger partial charge in [0.05, 0.1) is 11.4 Å². The molecule has 1 aromatic heterocycles. The number of aromatic nitrogens is 1. The van der Waals surface area contributed by atoms with Gasteiger partial charge in [-0.15, -0.1) is 5.11 Å². The van der Waals surface area contributed by atoms with E-state index >= 15 is 0 Å². The van der Waals surface area contributed by atoms with E-state index < -0.39 is 0 Å². The van der Waals surface area contributed by atoms with Gasteiger partial charge < -0.3 is 4.98 Å². The van der Waals surface area contributed by atoms with Crippen LogP contribution in [0.5, 0.6) is 0 Å². The van der Waals surface area contributed by atoms with E-state index in [1.807, 2.05) is 54.6 Å². The second kappa shape index (κ2) is 7.38. The summed E-state index contributed by atoms with van der Waals surface area (Å²) in [6.07, 6.45) is 0. The molecule has 0 saturated carbocycles. The first-order chi connectivity index (χ1) is 12.8. The molecule has 0 aliphatic heterocycles. The van der Waals surface area contributed by atoms with Gasteiger partial charge >= 0.3 is 0 Å². The van der Waals surface area contributed by atoms with Crippen LogP contribution in [0.25, 0.3) is 22.5 Å². The van der Waals surface area contributed by atoms with Crippen molar-refractivity contribution in [1.29, 1.82) is 0 Å². The SMILES string of the molecule is Clc1ccc(N=Nc2cc(-c3ccccc3)[nH]c2-c2ccccc2)cc1. The molecule has 4 rings (SSSR count). The predicted octanol–water partition coefficient (Wildman–Crippen LogP) is 7.42. The van der Waals surface area contributed by atoms with Crippen LogP contribution in [0.2, 0.25) is 5.02 Å². The highest BCUT2D eigenvalue weighted by Gasteiger charge is 2.11. The quantitative estimate of drug-likeness (QED) is 0.369. The lowest BCUT2D eigenvalue weighted by molar-refractivity contribution is 1.23. The molecular weight excluding hydrogens is 342 g/mol. The van der Waals surface area contributed by atoms with Crippen molar-refractivity contribution < 1.29 is 0 Å². The molecule has 0 unspecified atom stereocenters. The van der Waals surface area contributed by atoms with Crippen LogP contribution in [-0.2, 0) is 0 Å². The molecule has 0 aliphatic carbocycles. The zero-order valence-corrected chi connectivity index (χ0v) is 14.7. The summed E-state index contributed by atoms with van der Waals surface area (Å²) in [6, 6.07) is 29.7. The first-order valence-corrected chi connectivity index (χ1v) is 8.68. The van der Waals surface area contributed by atoms with Gasteiger partial charge in [-0.3, -0.25) is 0 Å². The Balaban J connectivity index is 1.76. The topological polar surface area (TPSA) is 40.5 Å². The summed E-state index contributed by atoms with van der Waals surface area (Å²) in [6.45, 7) is 0.